The van der Waals surface area contributed by atoms with E-state index in [0.29, 0.717) is 0 Å². The first-order valence-electron chi connectivity index (χ1n) is 13.9. The van der Waals surface area contributed by atoms with Crippen LogP contribution in [0.15, 0.2) is 146 Å². The van der Waals surface area contributed by atoms with Crippen LogP contribution in [0.25, 0.3) is 64.6 Å². The molecule has 0 aliphatic rings. The highest BCUT2D eigenvalue weighted by Gasteiger charge is 2.03. The van der Waals surface area contributed by atoms with E-state index in [0.717, 1.165) is 0 Å². The van der Waals surface area contributed by atoms with Crippen LogP contribution in [-0.4, -0.2) is 23.0 Å². The fourth-order valence-electron chi connectivity index (χ4n) is 5.39. The molecule has 0 aliphatic heterocycles. The highest BCUT2D eigenvalue weighted by Crippen LogP contribution is 2.30. The molecule has 8 aromatic carbocycles. The first kappa shape index (κ1) is 29.3. The molecule has 2 nitrogen and oxygen atoms in total. The van der Waals surface area contributed by atoms with E-state index in [-0.39, 0.29) is 0 Å². The van der Waals surface area contributed by atoms with Crippen molar-refractivity contribution in [3.63, 3.8) is 0 Å². The van der Waals surface area contributed by atoms with Gasteiger partial charge in [0.1, 0.15) is 0 Å². The molecule has 0 spiro atoms. The van der Waals surface area contributed by atoms with Crippen LogP contribution in [0.3, 0.4) is 0 Å². The lowest BCUT2D eigenvalue weighted by Gasteiger charge is -2.06. The van der Waals surface area contributed by atoms with Crippen LogP contribution in [0.2, 0.25) is 6.82 Å². The lowest BCUT2D eigenvalue weighted by molar-refractivity contribution is 0.417. The SMILES string of the molecule is CB(O)O.CBr.c1ccc2cc3c(ccc4ccccc43)cc2c1.c1ccc2cc3c(ccc4ccccc43)cc2c1. The third-order valence-electron chi connectivity index (χ3n) is 7.22. The molecule has 0 radical (unpaired) electrons. The minimum absolute atomic E-state index is 1.17. The van der Waals surface area contributed by atoms with Crippen molar-refractivity contribution in [1.82, 2.24) is 0 Å². The number of fused-ring (bicyclic) bond motifs is 8. The van der Waals surface area contributed by atoms with Gasteiger partial charge in [-0.25, -0.2) is 0 Å². The van der Waals surface area contributed by atoms with Crippen LogP contribution in [0.4, 0.5) is 0 Å². The van der Waals surface area contributed by atoms with Crippen LogP contribution >= 0.6 is 15.9 Å². The standard InChI is InChI=1S/2C18H12.CH5BO2.CH3Br/c2*1-2-7-15-12-18-16(11-14(15)6-1)10-9-13-5-3-4-8-17(13)18;1-2(3)4;1-2/h2*1-12H;3-4H,1H3;1H3. The summed E-state index contributed by atoms with van der Waals surface area (Å²) >= 11 is 2.94. The molecule has 0 aliphatic carbocycles. The van der Waals surface area contributed by atoms with E-state index in [1.165, 1.54) is 71.5 Å². The van der Waals surface area contributed by atoms with Crippen molar-refractivity contribution in [2.24, 2.45) is 0 Å². The predicted molar refractivity (Wildman–Crippen MR) is 189 cm³/mol. The Kier molecular flexibility index (Phi) is 9.50. The molecule has 4 heteroatoms. The number of halogens is 1. The first-order chi connectivity index (χ1) is 20.6. The molecule has 0 saturated heterocycles. The van der Waals surface area contributed by atoms with Crippen molar-refractivity contribution in [3.05, 3.63) is 146 Å². The largest absolute Gasteiger partial charge is 0.448 e. The smallest absolute Gasteiger partial charge is 0.427 e. The zero-order valence-electron chi connectivity index (χ0n) is 23.7. The van der Waals surface area contributed by atoms with Gasteiger partial charge in [-0.2, -0.15) is 0 Å². The molecule has 206 valence electrons. The van der Waals surface area contributed by atoms with E-state index in [2.05, 4.69) is 162 Å². The summed E-state index contributed by atoms with van der Waals surface area (Å²) < 4.78 is 0. The second-order valence-corrected chi connectivity index (χ2v) is 10.0. The number of hydrogen-bond acceptors (Lipinski definition) is 2. The Morgan fingerprint density at radius 2 is 0.619 bits per heavy atom. The van der Waals surface area contributed by atoms with E-state index in [1.54, 1.807) is 0 Å². The molecule has 0 fully saturated rings. The molecule has 0 atom stereocenters. The van der Waals surface area contributed by atoms with Crippen molar-refractivity contribution >= 4 is 87.7 Å². The van der Waals surface area contributed by atoms with Crippen LogP contribution in [0, 0.1) is 0 Å². The van der Waals surface area contributed by atoms with Crippen LogP contribution < -0.4 is 0 Å². The predicted octanol–water partition coefficient (Wildman–Crippen LogP) is 10.4. The van der Waals surface area contributed by atoms with Gasteiger partial charge in [0.2, 0.25) is 0 Å². The molecule has 42 heavy (non-hydrogen) atoms. The van der Waals surface area contributed by atoms with Gasteiger partial charge in [0.05, 0.1) is 0 Å². The summed E-state index contributed by atoms with van der Waals surface area (Å²) in [7, 11) is -1.17. The molecule has 0 aromatic heterocycles. The van der Waals surface area contributed by atoms with Gasteiger partial charge < -0.3 is 10.0 Å². The maximum Gasteiger partial charge on any atom is 0.448 e. The van der Waals surface area contributed by atoms with Crippen LogP contribution in [-0.2, 0) is 0 Å². The van der Waals surface area contributed by atoms with Crippen LogP contribution in [0.1, 0.15) is 0 Å². The maximum absolute atomic E-state index is 7.61. The summed E-state index contributed by atoms with van der Waals surface area (Å²) in [6.07, 6.45) is 0. The number of rotatable bonds is 0. The molecule has 0 bridgehead atoms. The van der Waals surface area contributed by atoms with E-state index < -0.39 is 7.12 Å². The monoisotopic (exact) mass is 610 g/mol. The van der Waals surface area contributed by atoms with E-state index in [4.69, 9.17) is 10.0 Å². The highest BCUT2D eigenvalue weighted by atomic mass is 79.9. The Balaban J connectivity index is 0.000000142. The topological polar surface area (TPSA) is 40.5 Å². The summed E-state index contributed by atoms with van der Waals surface area (Å²) in [5, 5.41) is 31.0. The Bertz CT molecular complexity index is 1960. The third-order valence-corrected chi connectivity index (χ3v) is 7.22. The fraction of sp³-hybridized carbons (Fsp3) is 0.0526. The van der Waals surface area contributed by atoms with Gasteiger partial charge in [0, 0.05) is 0 Å². The zero-order chi connectivity index (χ0) is 29.5. The number of alkyl halides is 1. The lowest BCUT2D eigenvalue weighted by atomic mass is 9.98. The second kappa shape index (κ2) is 13.6. The Labute approximate surface area is 255 Å². The third kappa shape index (κ3) is 6.47. The Morgan fingerprint density at radius 3 is 0.976 bits per heavy atom. The average molecular weight is 611 g/mol. The van der Waals surface area contributed by atoms with Crippen LogP contribution in [0.5, 0.6) is 0 Å². The molecule has 0 unspecified atom stereocenters. The van der Waals surface area contributed by atoms with Crippen molar-refractivity contribution in [3.8, 4) is 0 Å². The Hall–Kier alpha value is -4.22. The normalized spacial score (nSPS) is 10.5. The van der Waals surface area contributed by atoms with Crippen molar-refractivity contribution < 1.29 is 10.0 Å². The first-order valence-corrected chi connectivity index (χ1v) is 15.5. The molecule has 0 amide bonds. The fourth-order valence-corrected chi connectivity index (χ4v) is 5.39. The molecular formula is C38H32BBrO2. The summed E-state index contributed by atoms with van der Waals surface area (Å²) in [6.45, 7) is 1.28. The van der Waals surface area contributed by atoms with Gasteiger partial charge in [-0.1, -0.05) is 137 Å². The second-order valence-electron chi connectivity index (χ2n) is 10.0. The lowest BCUT2D eigenvalue weighted by Crippen LogP contribution is -2.00. The van der Waals surface area contributed by atoms with Gasteiger partial charge >= 0.3 is 7.12 Å². The average Bonchev–Trinajstić information content (AvgIpc) is 3.04. The molecule has 2 N–H and O–H groups in total. The van der Waals surface area contributed by atoms with Gasteiger partial charge in [0.25, 0.3) is 0 Å². The zero-order valence-corrected chi connectivity index (χ0v) is 25.3. The van der Waals surface area contributed by atoms with Gasteiger partial charge in [-0.15, -0.1) is 0 Å². The van der Waals surface area contributed by atoms with E-state index >= 15 is 0 Å². The molecule has 8 aromatic rings. The van der Waals surface area contributed by atoms with Gasteiger partial charge in [0.15, 0.2) is 0 Å². The summed E-state index contributed by atoms with van der Waals surface area (Å²) in [5.41, 5.74) is 0. The van der Waals surface area contributed by atoms with E-state index in [9.17, 15) is 0 Å². The maximum atomic E-state index is 7.61. The van der Waals surface area contributed by atoms with Crippen molar-refractivity contribution in [1.29, 1.82) is 0 Å². The van der Waals surface area contributed by atoms with Gasteiger partial charge in [-0.3, -0.25) is 0 Å². The molecule has 0 saturated carbocycles. The number of benzene rings is 8. The van der Waals surface area contributed by atoms with Crippen molar-refractivity contribution in [2.75, 3.05) is 5.83 Å². The Morgan fingerprint density at radius 1 is 0.357 bits per heavy atom. The summed E-state index contributed by atoms with van der Waals surface area (Å²) in [6, 6.07) is 52.2. The molecule has 0 heterocycles. The summed E-state index contributed by atoms with van der Waals surface area (Å²) in [5.74, 6) is 1.81. The minimum atomic E-state index is -1.17. The highest BCUT2D eigenvalue weighted by molar-refractivity contribution is 9.08. The summed E-state index contributed by atoms with van der Waals surface area (Å²) in [4.78, 5) is 0. The van der Waals surface area contributed by atoms with Gasteiger partial charge in [-0.05, 0) is 102 Å². The van der Waals surface area contributed by atoms with Crippen molar-refractivity contribution in [2.45, 2.75) is 6.82 Å². The molecular weight excluding hydrogens is 579 g/mol. The van der Waals surface area contributed by atoms with E-state index in [1.807, 2.05) is 5.83 Å². The minimum Gasteiger partial charge on any atom is -0.427 e. The quantitative estimate of drug-likeness (QED) is 0.0776. The number of hydrogen-bond donors (Lipinski definition) is 2. The molecule has 8 rings (SSSR count).